The van der Waals surface area contributed by atoms with Crippen LogP contribution in [0, 0.1) is 11.8 Å². The van der Waals surface area contributed by atoms with Crippen LogP contribution in [0.25, 0.3) is 0 Å². The lowest BCUT2D eigenvalue weighted by atomic mass is 9.92. The number of aliphatic hydroxyl groups excluding tert-OH is 1. The summed E-state index contributed by atoms with van der Waals surface area (Å²) in [4.78, 5) is 23.8. The number of carbonyl (C=O) groups excluding carboxylic acids is 2. The van der Waals surface area contributed by atoms with Gasteiger partial charge in [0.25, 0.3) is 8.32 Å². The van der Waals surface area contributed by atoms with Gasteiger partial charge < -0.3 is 21.0 Å². The summed E-state index contributed by atoms with van der Waals surface area (Å²) in [5, 5.41) is 11.4. The highest BCUT2D eigenvalue weighted by molar-refractivity contribution is 6.99. The normalized spacial score (nSPS) is 13.7. The summed E-state index contributed by atoms with van der Waals surface area (Å²) < 4.78 is 6.64. The number of amides is 2. The van der Waals surface area contributed by atoms with Crippen molar-refractivity contribution in [3.8, 4) is 0 Å². The van der Waals surface area contributed by atoms with Crippen molar-refractivity contribution in [2.75, 3.05) is 13.2 Å². The van der Waals surface area contributed by atoms with E-state index in [2.05, 4.69) is 20.8 Å². The number of hydrogen-bond donors (Lipinski definition) is 3. The molecule has 0 spiro atoms. The van der Waals surface area contributed by atoms with Crippen LogP contribution in [0.15, 0.2) is 60.7 Å². The van der Waals surface area contributed by atoms with Crippen molar-refractivity contribution in [1.29, 1.82) is 0 Å². The lowest BCUT2D eigenvalue weighted by molar-refractivity contribution is -0.134. The Morgan fingerprint density at radius 3 is 1.60 bits per heavy atom. The van der Waals surface area contributed by atoms with E-state index < -0.39 is 38.6 Å². The van der Waals surface area contributed by atoms with Crippen LogP contribution < -0.4 is 21.8 Å². The lowest BCUT2D eigenvalue weighted by Gasteiger charge is -2.43. The molecule has 0 fully saturated rings. The second-order valence-corrected chi connectivity index (χ2v) is 12.5. The minimum absolute atomic E-state index is 0. The van der Waals surface area contributed by atoms with Crippen molar-refractivity contribution in [2.24, 2.45) is 23.3 Å². The summed E-state index contributed by atoms with van der Waals surface area (Å²) in [6.45, 7) is 5.66. The third kappa shape index (κ3) is 5.29. The Balaban J connectivity index is 0.00000450. The molecule has 5 N–H and O–H groups in total. The highest BCUT2D eigenvalue weighted by atomic mass is 35.5. The van der Waals surface area contributed by atoms with Crippen molar-refractivity contribution in [1.82, 2.24) is 0 Å². The first kappa shape index (κ1) is 25.8. The van der Waals surface area contributed by atoms with E-state index in [1.807, 2.05) is 60.7 Å². The van der Waals surface area contributed by atoms with Gasteiger partial charge in [0.2, 0.25) is 11.8 Å². The molecular weight excluding hydrogens is 420 g/mol. The Kier molecular flexibility index (Phi) is 9.24. The first-order chi connectivity index (χ1) is 13.6. The number of nitrogens with two attached hydrogens (primary N) is 2. The zero-order valence-electron chi connectivity index (χ0n) is 17.6. The van der Waals surface area contributed by atoms with Gasteiger partial charge in [-0.1, -0.05) is 81.4 Å². The SMILES string of the molecule is CC(C)(C)[Si](OCC(C(N)=O)[C@@H](CO)C(N)=O)(c1ccccc1)c1ccccc1.Cl. The van der Waals surface area contributed by atoms with Crippen molar-refractivity contribution < 1.29 is 19.1 Å². The number of rotatable bonds is 9. The van der Waals surface area contributed by atoms with Gasteiger partial charge in [-0.25, -0.2) is 0 Å². The number of primary amides is 2. The molecule has 0 bridgehead atoms. The maximum atomic E-state index is 12.1. The van der Waals surface area contributed by atoms with Gasteiger partial charge in [-0.2, -0.15) is 0 Å². The van der Waals surface area contributed by atoms with Crippen LogP contribution in [-0.2, 0) is 14.0 Å². The van der Waals surface area contributed by atoms with E-state index in [0.29, 0.717) is 0 Å². The van der Waals surface area contributed by atoms with Gasteiger partial charge in [0.15, 0.2) is 0 Å². The average Bonchev–Trinajstić information content (AvgIpc) is 2.67. The zero-order chi connectivity index (χ0) is 21.7. The van der Waals surface area contributed by atoms with Crippen molar-refractivity contribution in [3.05, 3.63) is 60.7 Å². The van der Waals surface area contributed by atoms with Gasteiger partial charge in [0, 0.05) is 6.61 Å². The van der Waals surface area contributed by atoms with Crippen molar-refractivity contribution >= 4 is 42.9 Å². The van der Waals surface area contributed by atoms with E-state index in [0.717, 1.165) is 10.4 Å². The number of aliphatic hydroxyl groups is 1. The van der Waals surface area contributed by atoms with Gasteiger partial charge in [0.05, 0.1) is 18.4 Å². The Bertz CT molecular complexity index is 789. The molecule has 164 valence electrons. The first-order valence-electron chi connectivity index (χ1n) is 9.59. The Morgan fingerprint density at radius 1 is 0.900 bits per heavy atom. The predicted octanol–water partition coefficient (Wildman–Crippen LogP) is 1.18. The van der Waals surface area contributed by atoms with E-state index in [9.17, 15) is 14.7 Å². The largest absolute Gasteiger partial charge is 0.407 e. The van der Waals surface area contributed by atoms with Crippen LogP contribution in [0.5, 0.6) is 0 Å². The molecule has 1 unspecified atom stereocenters. The molecule has 8 heteroatoms. The number of carbonyl (C=O) groups is 2. The van der Waals surface area contributed by atoms with Crippen LogP contribution in [0.2, 0.25) is 5.04 Å². The number of halogens is 1. The minimum Gasteiger partial charge on any atom is -0.407 e. The third-order valence-corrected chi connectivity index (χ3v) is 10.3. The smallest absolute Gasteiger partial charge is 0.261 e. The molecule has 30 heavy (non-hydrogen) atoms. The second-order valence-electron chi connectivity index (χ2n) is 8.17. The van der Waals surface area contributed by atoms with Gasteiger partial charge in [-0.3, -0.25) is 9.59 Å². The molecule has 0 saturated carbocycles. The predicted molar refractivity (Wildman–Crippen MR) is 123 cm³/mol. The fourth-order valence-electron chi connectivity index (χ4n) is 3.79. The molecule has 0 aliphatic heterocycles. The molecule has 0 aromatic heterocycles. The van der Waals surface area contributed by atoms with Gasteiger partial charge in [0.1, 0.15) is 0 Å². The molecule has 2 aromatic carbocycles. The molecule has 0 radical (unpaired) electrons. The number of benzene rings is 2. The summed E-state index contributed by atoms with van der Waals surface area (Å²) >= 11 is 0. The maximum absolute atomic E-state index is 12.1. The maximum Gasteiger partial charge on any atom is 0.261 e. The Hall–Kier alpha value is -2.19. The topological polar surface area (TPSA) is 116 Å². The summed E-state index contributed by atoms with van der Waals surface area (Å²) in [6.07, 6.45) is 0. The van der Waals surface area contributed by atoms with Crippen molar-refractivity contribution in [2.45, 2.75) is 25.8 Å². The minimum atomic E-state index is -2.89. The quantitative estimate of drug-likeness (QED) is 0.497. The monoisotopic (exact) mass is 450 g/mol. The van der Waals surface area contributed by atoms with E-state index in [-0.39, 0.29) is 24.1 Å². The average molecular weight is 451 g/mol. The van der Waals surface area contributed by atoms with Gasteiger partial charge in [-0.05, 0) is 15.4 Å². The highest BCUT2D eigenvalue weighted by Gasteiger charge is 2.51. The molecule has 6 nitrogen and oxygen atoms in total. The molecule has 0 heterocycles. The molecule has 0 saturated heterocycles. The molecule has 0 aliphatic rings. The summed E-state index contributed by atoms with van der Waals surface area (Å²) in [7, 11) is -2.89. The zero-order valence-corrected chi connectivity index (χ0v) is 19.4. The summed E-state index contributed by atoms with van der Waals surface area (Å²) in [5.74, 6) is -3.60. The Labute approximate surface area is 185 Å². The first-order valence-corrected chi connectivity index (χ1v) is 11.5. The molecule has 2 rings (SSSR count). The van der Waals surface area contributed by atoms with Crippen molar-refractivity contribution in [3.63, 3.8) is 0 Å². The van der Waals surface area contributed by atoms with E-state index >= 15 is 0 Å². The Morgan fingerprint density at radius 2 is 1.30 bits per heavy atom. The standard InChI is InChI=1S/C22H30N2O4Si.ClH/c1-22(2,3)29(16-10-6-4-7-11-16,17-12-8-5-9-13-17)28-15-19(21(24)27)18(14-25)20(23)26;/h4-13,18-19,25H,14-15H2,1-3H3,(H2,23,26)(H2,24,27);1H/t18-,19?;/m1./s1. The van der Waals surface area contributed by atoms with Crippen LogP contribution >= 0.6 is 12.4 Å². The number of hydrogen-bond acceptors (Lipinski definition) is 4. The van der Waals surface area contributed by atoms with E-state index in [4.69, 9.17) is 15.9 Å². The van der Waals surface area contributed by atoms with Gasteiger partial charge in [-0.15, -0.1) is 12.4 Å². The fourth-order valence-corrected chi connectivity index (χ4v) is 8.37. The van der Waals surface area contributed by atoms with E-state index in [1.165, 1.54) is 0 Å². The van der Waals surface area contributed by atoms with Crippen LogP contribution in [0.1, 0.15) is 20.8 Å². The molecule has 2 amide bonds. The van der Waals surface area contributed by atoms with Crippen LogP contribution in [0.3, 0.4) is 0 Å². The van der Waals surface area contributed by atoms with E-state index in [1.54, 1.807) is 0 Å². The highest BCUT2D eigenvalue weighted by Crippen LogP contribution is 2.37. The van der Waals surface area contributed by atoms with Crippen LogP contribution in [-0.4, -0.2) is 38.5 Å². The lowest BCUT2D eigenvalue weighted by Crippen LogP contribution is -2.67. The second kappa shape index (κ2) is 10.7. The summed E-state index contributed by atoms with van der Waals surface area (Å²) in [5.41, 5.74) is 10.9. The van der Waals surface area contributed by atoms with Gasteiger partial charge >= 0.3 is 0 Å². The third-order valence-electron chi connectivity index (χ3n) is 5.31. The molecule has 2 aromatic rings. The molecule has 2 atom stereocenters. The van der Waals surface area contributed by atoms with Crippen LogP contribution in [0.4, 0.5) is 0 Å². The summed E-state index contributed by atoms with van der Waals surface area (Å²) in [6, 6.07) is 19.8. The fraction of sp³-hybridized carbons (Fsp3) is 0.364. The molecular formula is C22H31ClN2O4Si. The molecule has 0 aliphatic carbocycles.